The molecule has 51 heavy (non-hydrogen) atoms. The summed E-state index contributed by atoms with van der Waals surface area (Å²) in [5.41, 5.74) is 0.581. The number of thiazole rings is 1. The molecule has 3 aromatic rings. The number of benzene rings is 2. The van der Waals surface area contributed by atoms with Crippen molar-refractivity contribution in [1.29, 1.82) is 0 Å². The lowest BCUT2D eigenvalue weighted by Gasteiger charge is -2.28. The average Bonchev–Trinajstić information content (AvgIpc) is 3.46. The Morgan fingerprint density at radius 3 is 2.16 bits per heavy atom. The summed E-state index contributed by atoms with van der Waals surface area (Å²) < 4.78 is 96.7. The zero-order valence-electron chi connectivity index (χ0n) is 28.9. The summed E-state index contributed by atoms with van der Waals surface area (Å²) in [6, 6.07) is 7.17. The van der Waals surface area contributed by atoms with E-state index in [2.05, 4.69) is 20.9 Å². The topological polar surface area (TPSA) is 137 Å². The van der Waals surface area contributed by atoms with Gasteiger partial charge in [0, 0.05) is 19.2 Å². The van der Waals surface area contributed by atoms with E-state index in [0.717, 1.165) is 29.7 Å². The number of hydrogen-bond acceptors (Lipinski definition) is 8. The predicted octanol–water partition coefficient (Wildman–Crippen LogP) is 5.67. The number of aliphatic hydroxyl groups is 1. The van der Waals surface area contributed by atoms with Crippen LogP contribution in [0.15, 0.2) is 42.5 Å². The van der Waals surface area contributed by atoms with Gasteiger partial charge in [-0.05, 0) is 61.4 Å². The molecule has 16 heteroatoms. The number of hydrogen-bond donors (Lipinski definition) is 4. The molecule has 0 fully saturated rings. The summed E-state index contributed by atoms with van der Waals surface area (Å²) in [6.07, 6.45) is -4.42. The maximum atomic E-state index is 14.1. The molecule has 0 saturated carbocycles. The second kappa shape index (κ2) is 18.9. The molecular formula is C35H45F5N4O5S2. The lowest BCUT2D eigenvalue weighted by Crippen LogP contribution is -2.57. The molecule has 3 atom stereocenters. The van der Waals surface area contributed by atoms with Gasteiger partial charge in [-0.3, -0.25) is 9.59 Å². The van der Waals surface area contributed by atoms with Crippen molar-refractivity contribution >= 4 is 33.0 Å². The van der Waals surface area contributed by atoms with Crippen LogP contribution in [-0.2, 0) is 40.2 Å². The molecule has 0 aliphatic heterocycles. The highest BCUT2D eigenvalue weighted by Crippen LogP contribution is 2.34. The van der Waals surface area contributed by atoms with Crippen molar-refractivity contribution in [3.63, 3.8) is 0 Å². The number of nitrogens with zero attached hydrogens (tertiary/aromatic N) is 1. The first-order valence-electron chi connectivity index (χ1n) is 16.8. The fraction of sp³-hybridized carbons (Fsp3) is 0.514. The first-order valence-corrected chi connectivity index (χ1v) is 19.3. The monoisotopic (exact) mass is 760 g/mol. The quantitative estimate of drug-likeness (QED) is 0.116. The van der Waals surface area contributed by atoms with E-state index in [-0.39, 0.29) is 36.4 Å². The van der Waals surface area contributed by atoms with Crippen LogP contribution >= 0.6 is 11.3 Å². The molecule has 2 amide bonds. The maximum absolute atomic E-state index is 14.1. The Bertz CT molecular complexity index is 1710. The first kappa shape index (κ1) is 41.9. The number of aliphatic hydroxyl groups excluding tert-OH is 1. The average molecular weight is 761 g/mol. The normalized spacial score (nSPS) is 13.9. The van der Waals surface area contributed by atoms with Crippen LogP contribution in [0.1, 0.15) is 83.5 Å². The van der Waals surface area contributed by atoms with Crippen molar-refractivity contribution in [2.75, 3.05) is 12.3 Å². The van der Waals surface area contributed by atoms with Gasteiger partial charge < -0.3 is 21.1 Å². The van der Waals surface area contributed by atoms with E-state index in [1.165, 1.54) is 6.92 Å². The Morgan fingerprint density at radius 1 is 0.941 bits per heavy atom. The molecule has 1 unspecified atom stereocenters. The fourth-order valence-corrected chi connectivity index (χ4v) is 8.71. The van der Waals surface area contributed by atoms with E-state index in [0.29, 0.717) is 36.8 Å². The molecule has 1 heterocycles. The molecule has 4 N–H and O–H groups in total. The van der Waals surface area contributed by atoms with Crippen LogP contribution in [0.4, 0.5) is 22.0 Å². The largest absolute Gasteiger partial charge is 0.435 e. The van der Waals surface area contributed by atoms with Crippen LogP contribution in [0.5, 0.6) is 0 Å². The van der Waals surface area contributed by atoms with E-state index < -0.39 is 79.2 Å². The second-order valence-electron chi connectivity index (χ2n) is 12.4. The Labute approximate surface area is 299 Å². The Morgan fingerprint density at radius 2 is 1.57 bits per heavy atom. The maximum Gasteiger partial charge on any atom is 0.435 e. The van der Waals surface area contributed by atoms with Crippen molar-refractivity contribution in [2.24, 2.45) is 0 Å². The zero-order valence-corrected chi connectivity index (χ0v) is 30.6. The summed E-state index contributed by atoms with van der Waals surface area (Å²) in [5, 5.41) is 18.1. The lowest BCUT2D eigenvalue weighted by atomic mass is 10.00. The SMILES string of the molecule is CCCC(CCC)S(=O)(=O)CC(NC(=O)c1sc(C)nc1C(F)(F)F)C(=O)N[C@@H](Cc1cc(F)cc(F)c1)[C@H](O)CNCc1cccc(CC)c1. The van der Waals surface area contributed by atoms with Crippen molar-refractivity contribution in [2.45, 2.75) is 102 Å². The summed E-state index contributed by atoms with van der Waals surface area (Å²) >= 11 is 0.433. The van der Waals surface area contributed by atoms with Crippen molar-refractivity contribution in [3.05, 3.63) is 86.4 Å². The van der Waals surface area contributed by atoms with Crippen LogP contribution in [0, 0.1) is 18.6 Å². The molecule has 0 aliphatic rings. The van der Waals surface area contributed by atoms with Crippen LogP contribution in [0.2, 0.25) is 0 Å². The molecule has 2 aromatic carbocycles. The number of carbonyl (C=O) groups excluding carboxylic acids is 2. The highest BCUT2D eigenvalue weighted by Gasteiger charge is 2.41. The Kier molecular flexibility index (Phi) is 15.5. The number of aryl methyl sites for hydroxylation is 2. The highest BCUT2D eigenvalue weighted by molar-refractivity contribution is 7.92. The van der Waals surface area contributed by atoms with Crippen LogP contribution in [0.3, 0.4) is 0 Å². The molecule has 282 valence electrons. The standard InChI is InChI=1S/C35H45F5N4O5S2/c1-5-9-27(10-6-2)51(48,49)20-29(44-34(47)31-32(35(38,39)40)42-21(4)50-31)33(46)43-28(16-24-14-25(36)17-26(37)15-24)30(45)19-41-18-23-12-8-11-22(7-3)13-23/h8,11-15,17,27-30,41,45H,5-7,9-10,16,18-20H2,1-4H3,(H,43,46)(H,44,47)/t28-,29?,30+/m0/s1. The number of nitrogens with one attached hydrogen (secondary N) is 3. The van der Waals surface area contributed by atoms with Gasteiger partial charge in [0.1, 0.15) is 22.6 Å². The first-order chi connectivity index (χ1) is 24.0. The molecule has 0 aliphatic carbocycles. The van der Waals surface area contributed by atoms with Crippen LogP contribution in [0.25, 0.3) is 0 Å². The van der Waals surface area contributed by atoms with Gasteiger partial charge >= 0.3 is 6.18 Å². The molecule has 0 radical (unpaired) electrons. The lowest BCUT2D eigenvalue weighted by molar-refractivity contribution is -0.141. The van der Waals surface area contributed by atoms with E-state index in [9.17, 15) is 45.1 Å². The van der Waals surface area contributed by atoms with E-state index in [1.807, 2.05) is 31.2 Å². The minimum atomic E-state index is -5.01. The molecular weight excluding hydrogens is 716 g/mol. The Hall–Kier alpha value is -3.47. The van der Waals surface area contributed by atoms with Gasteiger partial charge in [-0.15, -0.1) is 11.3 Å². The van der Waals surface area contributed by atoms with Crippen LogP contribution in [-0.4, -0.2) is 66.1 Å². The van der Waals surface area contributed by atoms with E-state index in [4.69, 9.17) is 0 Å². The summed E-state index contributed by atoms with van der Waals surface area (Å²) in [7, 11) is -4.11. The molecule has 9 nitrogen and oxygen atoms in total. The predicted molar refractivity (Wildman–Crippen MR) is 186 cm³/mol. The summed E-state index contributed by atoms with van der Waals surface area (Å²) in [6.45, 7) is 7.03. The highest BCUT2D eigenvalue weighted by atomic mass is 32.2. The van der Waals surface area contributed by atoms with Gasteiger partial charge in [-0.1, -0.05) is 57.9 Å². The molecule has 0 saturated heterocycles. The van der Waals surface area contributed by atoms with Gasteiger partial charge in [0.05, 0.1) is 28.2 Å². The van der Waals surface area contributed by atoms with E-state index >= 15 is 0 Å². The number of halogens is 5. The smallest absolute Gasteiger partial charge is 0.390 e. The van der Waals surface area contributed by atoms with Gasteiger partial charge in [-0.2, -0.15) is 13.2 Å². The number of aromatic nitrogens is 1. The number of carbonyl (C=O) groups is 2. The van der Waals surface area contributed by atoms with Crippen molar-refractivity contribution in [3.8, 4) is 0 Å². The molecule has 3 rings (SSSR count). The third kappa shape index (κ3) is 12.6. The summed E-state index contributed by atoms with van der Waals surface area (Å²) in [4.78, 5) is 29.8. The van der Waals surface area contributed by atoms with E-state index in [1.54, 1.807) is 13.8 Å². The Balaban J connectivity index is 1.95. The third-order valence-electron chi connectivity index (χ3n) is 8.21. The van der Waals surface area contributed by atoms with Gasteiger partial charge in [0.15, 0.2) is 15.5 Å². The van der Waals surface area contributed by atoms with Gasteiger partial charge in [-0.25, -0.2) is 22.2 Å². The minimum absolute atomic E-state index is 0.0570. The summed E-state index contributed by atoms with van der Waals surface area (Å²) in [5.74, 6) is -5.24. The molecule has 0 bridgehead atoms. The number of amides is 2. The second-order valence-corrected chi connectivity index (χ2v) is 16.0. The molecule has 1 aromatic heterocycles. The van der Waals surface area contributed by atoms with Crippen molar-refractivity contribution in [1.82, 2.24) is 20.9 Å². The van der Waals surface area contributed by atoms with Crippen LogP contribution < -0.4 is 16.0 Å². The van der Waals surface area contributed by atoms with Gasteiger partial charge in [0.25, 0.3) is 5.91 Å². The fourth-order valence-electron chi connectivity index (χ4n) is 5.71. The number of sulfone groups is 1. The minimum Gasteiger partial charge on any atom is -0.390 e. The molecule has 0 spiro atoms. The third-order valence-corrected chi connectivity index (χ3v) is 11.5. The number of alkyl halides is 3. The van der Waals surface area contributed by atoms with Gasteiger partial charge in [0.2, 0.25) is 5.91 Å². The zero-order chi connectivity index (χ0) is 37.9. The number of rotatable bonds is 19. The van der Waals surface area contributed by atoms with Crippen molar-refractivity contribution < 1.29 is 45.1 Å².